The first-order valence-corrected chi connectivity index (χ1v) is 13.8. The monoisotopic (exact) mass is 508 g/mol. The molecule has 8 aromatic carbocycles. The molecule has 0 amide bonds. The summed E-state index contributed by atoms with van der Waals surface area (Å²) in [5, 5.41) is 10.4. The summed E-state index contributed by atoms with van der Waals surface area (Å²) in [5.41, 5.74) is 5.16. The van der Waals surface area contributed by atoms with Gasteiger partial charge in [0.1, 0.15) is 0 Å². The molecule has 0 aromatic heterocycles. The Morgan fingerprint density at radius 2 is 0.575 bits per heavy atom. The largest absolute Gasteiger partial charge is 0.0616 e. The van der Waals surface area contributed by atoms with Crippen molar-refractivity contribution in [2.45, 2.75) is 0 Å². The summed E-state index contributed by atoms with van der Waals surface area (Å²) in [6.07, 6.45) is 0. The van der Waals surface area contributed by atoms with Crippen LogP contribution in [0.3, 0.4) is 0 Å². The van der Waals surface area contributed by atoms with Crippen molar-refractivity contribution in [3.63, 3.8) is 0 Å². The van der Waals surface area contributed by atoms with Crippen LogP contribution < -0.4 is 0 Å². The van der Waals surface area contributed by atoms with Crippen molar-refractivity contribution < 1.29 is 0 Å². The fourth-order valence-corrected chi connectivity index (χ4v) is 5.66. The normalized spacial score (nSPS) is 11.0. The molecule has 0 radical (unpaired) electrons. The molecule has 0 atom stereocenters. The minimum Gasteiger partial charge on any atom is -0.0616 e. The Balaban J connectivity index is 0.000000132. The molecule has 8 rings (SSSR count). The highest BCUT2D eigenvalue weighted by Crippen LogP contribution is 2.33. The third-order valence-corrected chi connectivity index (χ3v) is 7.70. The second-order valence-electron chi connectivity index (χ2n) is 10.2. The van der Waals surface area contributed by atoms with Gasteiger partial charge in [-0.2, -0.15) is 0 Å². The van der Waals surface area contributed by atoms with Gasteiger partial charge in [0.15, 0.2) is 0 Å². The maximum absolute atomic E-state index is 2.26. The van der Waals surface area contributed by atoms with Gasteiger partial charge in [-0.25, -0.2) is 0 Å². The van der Waals surface area contributed by atoms with Crippen molar-refractivity contribution in [3.8, 4) is 22.3 Å². The zero-order valence-electron chi connectivity index (χ0n) is 22.2. The summed E-state index contributed by atoms with van der Waals surface area (Å²) >= 11 is 0. The molecule has 0 fully saturated rings. The average Bonchev–Trinajstić information content (AvgIpc) is 3.04. The molecular weight excluding hydrogens is 480 g/mol. The van der Waals surface area contributed by atoms with E-state index >= 15 is 0 Å². The van der Waals surface area contributed by atoms with Crippen LogP contribution in [-0.4, -0.2) is 0 Å². The van der Waals surface area contributed by atoms with E-state index in [1.54, 1.807) is 0 Å². The highest BCUT2D eigenvalue weighted by molar-refractivity contribution is 6.05. The molecule has 0 saturated heterocycles. The van der Waals surface area contributed by atoms with E-state index in [1.165, 1.54) is 65.3 Å². The van der Waals surface area contributed by atoms with Crippen LogP contribution in [0, 0.1) is 0 Å². The van der Waals surface area contributed by atoms with Crippen molar-refractivity contribution in [1.82, 2.24) is 0 Å². The predicted molar refractivity (Wildman–Crippen MR) is 174 cm³/mol. The quantitative estimate of drug-likeness (QED) is 0.218. The summed E-state index contributed by atoms with van der Waals surface area (Å²) in [5.74, 6) is 0. The lowest BCUT2D eigenvalue weighted by Crippen LogP contribution is -1.83. The van der Waals surface area contributed by atoms with Gasteiger partial charge < -0.3 is 0 Å². The Morgan fingerprint density at radius 1 is 0.225 bits per heavy atom. The Hall–Kier alpha value is -5.20. The first kappa shape index (κ1) is 23.9. The molecule has 0 heteroatoms. The molecule has 0 aliphatic heterocycles. The number of hydrogen-bond donors (Lipinski definition) is 0. The van der Waals surface area contributed by atoms with E-state index < -0.39 is 0 Å². The second kappa shape index (κ2) is 10.5. The summed E-state index contributed by atoms with van der Waals surface area (Å²) < 4.78 is 0. The lowest BCUT2D eigenvalue weighted by Gasteiger charge is -2.10. The van der Waals surface area contributed by atoms with Crippen molar-refractivity contribution in [3.05, 3.63) is 170 Å². The number of rotatable bonds is 2. The molecule has 0 saturated carbocycles. The zero-order chi connectivity index (χ0) is 26.7. The first-order chi connectivity index (χ1) is 19.8. The van der Waals surface area contributed by atoms with Gasteiger partial charge >= 0.3 is 0 Å². The van der Waals surface area contributed by atoms with Crippen molar-refractivity contribution >= 4 is 43.1 Å². The topological polar surface area (TPSA) is 0 Å². The highest BCUT2D eigenvalue weighted by Gasteiger charge is 2.06. The molecule has 0 aliphatic rings. The summed E-state index contributed by atoms with van der Waals surface area (Å²) in [6, 6.07) is 60.5. The third-order valence-electron chi connectivity index (χ3n) is 7.70. The van der Waals surface area contributed by atoms with Crippen LogP contribution in [0.15, 0.2) is 170 Å². The van der Waals surface area contributed by atoms with Crippen molar-refractivity contribution in [2.24, 2.45) is 0 Å². The van der Waals surface area contributed by atoms with Gasteiger partial charge in [-0.3, -0.25) is 0 Å². The van der Waals surface area contributed by atoms with Crippen LogP contribution in [0.4, 0.5) is 0 Å². The van der Waals surface area contributed by atoms with Gasteiger partial charge in [-0.05, 0) is 77.5 Å². The van der Waals surface area contributed by atoms with Gasteiger partial charge in [0.05, 0.1) is 0 Å². The fraction of sp³-hybridized carbons (Fsp3) is 0. The van der Waals surface area contributed by atoms with Crippen LogP contribution in [0.2, 0.25) is 0 Å². The molecule has 0 heterocycles. The minimum absolute atomic E-state index is 1.27. The fourth-order valence-electron chi connectivity index (χ4n) is 5.66. The molecule has 188 valence electrons. The smallest absolute Gasteiger partial charge is 0.00992 e. The molecule has 0 spiro atoms. The lowest BCUT2D eigenvalue weighted by atomic mass is 9.94. The Morgan fingerprint density at radius 3 is 1.02 bits per heavy atom. The van der Waals surface area contributed by atoms with Crippen molar-refractivity contribution in [2.75, 3.05) is 0 Å². The number of fused-ring (bicyclic) bond motifs is 4. The Bertz CT molecular complexity index is 1950. The molecule has 0 N–H and O–H groups in total. The average molecular weight is 509 g/mol. The van der Waals surface area contributed by atoms with Gasteiger partial charge in [-0.1, -0.05) is 158 Å². The van der Waals surface area contributed by atoms with Crippen LogP contribution in [0.5, 0.6) is 0 Å². The minimum atomic E-state index is 1.27. The maximum atomic E-state index is 2.26. The van der Waals surface area contributed by atoms with E-state index in [9.17, 15) is 0 Å². The molecule has 0 bridgehead atoms. The van der Waals surface area contributed by atoms with Crippen LogP contribution in [0.1, 0.15) is 0 Å². The molecular formula is C40H28. The van der Waals surface area contributed by atoms with E-state index in [2.05, 4.69) is 170 Å². The molecule has 0 aliphatic carbocycles. The van der Waals surface area contributed by atoms with Gasteiger partial charge in [0, 0.05) is 0 Å². The molecule has 40 heavy (non-hydrogen) atoms. The van der Waals surface area contributed by atoms with E-state index in [4.69, 9.17) is 0 Å². The summed E-state index contributed by atoms with van der Waals surface area (Å²) in [6.45, 7) is 0. The molecule has 8 aromatic rings. The van der Waals surface area contributed by atoms with E-state index in [1.807, 2.05) is 0 Å². The number of hydrogen-bond acceptors (Lipinski definition) is 0. The Kier molecular flexibility index (Phi) is 6.28. The van der Waals surface area contributed by atoms with E-state index in [0.717, 1.165) is 0 Å². The first-order valence-electron chi connectivity index (χ1n) is 13.8. The van der Waals surface area contributed by atoms with Crippen LogP contribution >= 0.6 is 0 Å². The maximum Gasteiger partial charge on any atom is -0.00992 e. The molecule has 0 nitrogen and oxygen atoms in total. The van der Waals surface area contributed by atoms with Gasteiger partial charge in [0.2, 0.25) is 0 Å². The van der Waals surface area contributed by atoms with E-state index in [-0.39, 0.29) is 0 Å². The zero-order valence-corrected chi connectivity index (χ0v) is 22.2. The third kappa shape index (κ3) is 4.61. The van der Waals surface area contributed by atoms with Crippen LogP contribution in [0.25, 0.3) is 65.3 Å². The van der Waals surface area contributed by atoms with Crippen molar-refractivity contribution in [1.29, 1.82) is 0 Å². The summed E-state index contributed by atoms with van der Waals surface area (Å²) in [7, 11) is 0. The Labute approximate surface area is 234 Å². The standard InChI is InChI=1S/2C20H14/c1-3-11-17-15(7-1)9-5-13-19(17)20-14-6-10-16-8-2-4-12-18(16)20;1-3-7-17-13-19(11-9-15(17)5-1)20-12-10-16-6-2-4-8-18(16)14-20/h2*1-14H. The summed E-state index contributed by atoms with van der Waals surface area (Å²) in [4.78, 5) is 0. The molecule has 0 unspecified atom stereocenters. The second-order valence-corrected chi connectivity index (χ2v) is 10.2. The van der Waals surface area contributed by atoms with Gasteiger partial charge in [-0.15, -0.1) is 0 Å². The predicted octanol–water partition coefficient (Wildman–Crippen LogP) is 11.3. The van der Waals surface area contributed by atoms with E-state index in [0.29, 0.717) is 0 Å². The highest BCUT2D eigenvalue weighted by atomic mass is 14.1. The SMILES string of the molecule is c1ccc2c(-c3cccc4ccccc34)cccc2c1.c1ccc2cc(-c3ccc4ccccc4c3)ccc2c1. The number of benzene rings is 8. The van der Waals surface area contributed by atoms with Gasteiger partial charge in [0.25, 0.3) is 0 Å². The van der Waals surface area contributed by atoms with Crippen LogP contribution in [-0.2, 0) is 0 Å². The lowest BCUT2D eigenvalue weighted by molar-refractivity contribution is 1.67.